The van der Waals surface area contributed by atoms with Gasteiger partial charge >= 0.3 is 6.03 Å². The van der Waals surface area contributed by atoms with E-state index in [2.05, 4.69) is 31.3 Å². The number of benzene rings is 2. The van der Waals surface area contributed by atoms with Crippen molar-refractivity contribution in [2.45, 2.75) is 51.1 Å². The van der Waals surface area contributed by atoms with Crippen LogP contribution in [0.3, 0.4) is 0 Å². The van der Waals surface area contributed by atoms with E-state index in [1.54, 1.807) is 4.90 Å². The molecule has 3 aliphatic heterocycles. The van der Waals surface area contributed by atoms with E-state index in [0.717, 1.165) is 55.0 Å². The molecule has 1 saturated heterocycles. The molecule has 0 aliphatic carbocycles. The van der Waals surface area contributed by atoms with Gasteiger partial charge in [-0.2, -0.15) is 0 Å². The van der Waals surface area contributed by atoms with Crippen LogP contribution >= 0.6 is 0 Å². The number of carbonyl (C=O) groups is 2. The Morgan fingerprint density at radius 2 is 1.67 bits per heavy atom. The normalized spacial score (nSPS) is 22.0. The highest BCUT2D eigenvalue weighted by Crippen LogP contribution is 2.44. The fraction of sp³-hybridized carbons (Fsp3) is 0.407. The molecule has 1 atom stereocenters. The first-order valence-corrected chi connectivity index (χ1v) is 11.9. The summed E-state index contributed by atoms with van der Waals surface area (Å²) in [7, 11) is 1.85. The second kappa shape index (κ2) is 8.25. The molecule has 0 bridgehead atoms. The van der Waals surface area contributed by atoms with Crippen LogP contribution in [0.2, 0.25) is 0 Å². The molecule has 6 heteroatoms. The number of likely N-dealkylation sites (tertiary alicyclic amines) is 1. The Kier molecular flexibility index (Phi) is 5.39. The first-order chi connectivity index (χ1) is 15.9. The van der Waals surface area contributed by atoms with Gasteiger partial charge in [-0.15, -0.1) is 0 Å². The lowest BCUT2D eigenvalue weighted by Crippen LogP contribution is -2.52. The minimum Gasteiger partial charge on any atom is -0.355 e. The molecular formula is C27H32N4O2. The van der Waals surface area contributed by atoms with Crippen LogP contribution in [0.15, 0.2) is 65.9 Å². The van der Waals surface area contributed by atoms with Crippen molar-refractivity contribution in [1.82, 2.24) is 9.80 Å². The number of carbonyl (C=O) groups excluding carboxylic acids is 2. The van der Waals surface area contributed by atoms with Crippen LogP contribution in [0.4, 0.5) is 16.2 Å². The van der Waals surface area contributed by atoms with E-state index in [9.17, 15) is 9.59 Å². The molecule has 3 heterocycles. The van der Waals surface area contributed by atoms with Crippen LogP contribution < -0.4 is 10.2 Å². The van der Waals surface area contributed by atoms with E-state index in [-0.39, 0.29) is 11.9 Å². The Labute approximate surface area is 195 Å². The minimum absolute atomic E-state index is 0.0150. The zero-order valence-corrected chi connectivity index (χ0v) is 19.7. The van der Waals surface area contributed by atoms with Gasteiger partial charge in [-0.1, -0.05) is 42.5 Å². The van der Waals surface area contributed by atoms with Crippen molar-refractivity contribution >= 4 is 23.3 Å². The predicted octanol–water partition coefficient (Wildman–Crippen LogP) is 4.64. The number of hydrogen-bond donors (Lipinski definition) is 1. The third-order valence-corrected chi connectivity index (χ3v) is 7.43. The summed E-state index contributed by atoms with van der Waals surface area (Å²) >= 11 is 0. The lowest BCUT2D eigenvalue weighted by molar-refractivity contribution is -0.127. The third kappa shape index (κ3) is 3.58. The van der Waals surface area contributed by atoms with Crippen LogP contribution in [0.1, 0.15) is 38.7 Å². The zero-order valence-electron chi connectivity index (χ0n) is 19.7. The number of urea groups is 1. The van der Waals surface area contributed by atoms with E-state index in [0.29, 0.717) is 12.0 Å². The molecule has 2 aromatic carbocycles. The Hall–Kier alpha value is -3.28. The highest BCUT2D eigenvalue weighted by atomic mass is 16.2. The van der Waals surface area contributed by atoms with Gasteiger partial charge in [0.15, 0.2) is 0 Å². The number of para-hydroxylation sites is 2. The molecular weight excluding hydrogens is 412 g/mol. The third-order valence-electron chi connectivity index (χ3n) is 7.43. The van der Waals surface area contributed by atoms with Gasteiger partial charge in [0.05, 0.1) is 34.2 Å². The van der Waals surface area contributed by atoms with E-state index in [1.807, 2.05) is 59.3 Å². The van der Waals surface area contributed by atoms with Gasteiger partial charge in [-0.25, -0.2) is 4.79 Å². The molecule has 0 saturated carbocycles. The maximum Gasteiger partial charge on any atom is 0.325 e. The standard InChI is InChI=1S/C27H32N4O2/c1-27(2)24-23(25(32)29(27)3)22(18-19-12-6-4-7-13-19)31(21-15-9-8-14-20(21)28-24)26(33)30-16-10-5-11-17-30/h4,6-9,12-15,22,28H,5,10-11,16-18H2,1-3H3. The van der Waals surface area contributed by atoms with Crippen LogP contribution in [0.25, 0.3) is 0 Å². The summed E-state index contributed by atoms with van der Waals surface area (Å²) in [5, 5.41) is 3.58. The van der Waals surface area contributed by atoms with Crippen LogP contribution in [-0.4, -0.2) is 53.5 Å². The maximum atomic E-state index is 14.1. The predicted molar refractivity (Wildman–Crippen MR) is 131 cm³/mol. The number of hydrogen-bond acceptors (Lipinski definition) is 3. The lowest BCUT2D eigenvalue weighted by Gasteiger charge is -2.38. The molecule has 1 fully saturated rings. The summed E-state index contributed by atoms with van der Waals surface area (Å²) in [5.74, 6) is -0.0207. The van der Waals surface area contributed by atoms with Crippen molar-refractivity contribution in [2.24, 2.45) is 0 Å². The number of anilines is 2. The number of likely N-dealkylation sites (N-methyl/N-ethyl adjacent to an activating group) is 1. The highest BCUT2D eigenvalue weighted by molar-refractivity contribution is 6.06. The fourth-order valence-electron chi connectivity index (χ4n) is 5.29. The maximum absolute atomic E-state index is 14.1. The quantitative estimate of drug-likeness (QED) is 0.734. The Bertz CT molecular complexity index is 1100. The van der Waals surface area contributed by atoms with Gasteiger partial charge in [0.2, 0.25) is 0 Å². The Morgan fingerprint density at radius 1 is 1.00 bits per heavy atom. The van der Waals surface area contributed by atoms with Crippen molar-refractivity contribution in [3.05, 3.63) is 71.4 Å². The molecule has 3 amide bonds. The topological polar surface area (TPSA) is 55.9 Å². The molecule has 1 N–H and O–H groups in total. The number of nitrogens with one attached hydrogen (secondary N) is 1. The first kappa shape index (κ1) is 21.6. The molecule has 172 valence electrons. The van der Waals surface area contributed by atoms with Gasteiger partial charge in [0.25, 0.3) is 5.91 Å². The summed E-state index contributed by atoms with van der Waals surface area (Å²) in [6.07, 6.45) is 3.77. The highest BCUT2D eigenvalue weighted by Gasteiger charge is 2.50. The lowest BCUT2D eigenvalue weighted by atomic mass is 9.93. The number of rotatable bonds is 2. The number of amides is 3. The molecule has 33 heavy (non-hydrogen) atoms. The Balaban J connectivity index is 1.70. The summed E-state index contributed by atoms with van der Waals surface area (Å²) < 4.78 is 0. The SMILES string of the molecule is CN1C(=O)C2=C(Nc3ccccc3N(C(=O)N3CCCCC3)C2Cc2ccccc2)C1(C)C. The summed E-state index contributed by atoms with van der Waals surface area (Å²) in [4.78, 5) is 33.4. The summed E-state index contributed by atoms with van der Waals surface area (Å²) in [5.41, 5.74) is 3.87. The van der Waals surface area contributed by atoms with Gasteiger partial charge in [0.1, 0.15) is 0 Å². The van der Waals surface area contributed by atoms with Crippen LogP contribution in [-0.2, 0) is 11.2 Å². The molecule has 1 unspecified atom stereocenters. The largest absolute Gasteiger partial charge is 0.355 e. The second-order valence-corrected chi connectivity index (χ2v) is 9.76. The molecule has 0 aromatic heterocycles. The molecule has 3 aliphatic rings. The number of fused-ring (bicyclic) bond motifs is 1. The summed E-state index contributed by atoms with van der Waals surface area (Å²) in [6.45, 7) is 5.64. The van der Waals surface area contributed by atoms with Gasteiger partial charge in [-0.05, 0) is 57.2 Å². The number of nitrogens with zero attached hydrogens (tertiary/aromatic N) is 3. The van der Waals surface area contributed by atoms with Crippen LogP contribution in [0.5, 0.6) is 0 Å². The van der Waals surface area contributed by atoms with Crippen molar-refractivity contribution < 1.29 is 9.59 Å². The van der Waals surface area contributed by atoms with Crippen molar-refractivity contribution in [3.63, 3.8) is 0 Å². The van der Waals surface area contributed by atoms with Crippen molar-refractivity contribution in [1.29, 1.82) is 0 Å². The molecule has 5 rings (SSSR count). The molecule has 6 nitrogen and oxygen atoms in total. The smallest absolute Gasteiger partial charge is 0.325 e. The number of piperidine rings is 1. The average molecular weight is 445 g/mol. The average Bonchev–Trinajstić information content (AvgIpc) is 2.94. The van der Waals surface area contributed by atoms with E-state index in [4.69, 9.17) is 0 Å². The van der Waals surface area contributed by atoms with E-state index in [1.165, 1.54) is 0 Å². The molecule has 0 spiro atoms. The summed E-state index contributed by atoms with van der Waals surface area (Å²) in [6, 6.07) is 17.7. The molecule has 0 radical (unpaired) electrons. The second-order valence-electron chi connectivity index (χ2n) is 9.76. The van der Waals surface area contributed by atoms with Crippen LogP contribution in [0, 0.1) is 0 Å². The van der Waals surface area contributed by atoms with Gasteiger partial charge in [0, 0.05) is 20.1 Å². The minimum atomic E-state index is -0.501. The van der Waals surface area contributed by atoms with Crippen molar-refractivity contribution in [2.75, 3.05) is 30.4 Å². The molecule has 2 aromatic rings. The Morgan fingerprint density at radius 3 is 2.39 bits per heavy atom. The zero-order chi connectivity index (χ0) is 23.2. The first-order valence-electron chi connectivity index (χ1n) is 11.9. The van der Waals surface area contributed by atoms with E-state index < -0.39 is 11.6 Å². The van der Waals surface area contributed by atoms with E-state index >= 15 is 0 Å². The van der Waals surface area contributed by atoms with Gasteiger partial charge in [-0.3, -0.25) is 9.69 Å². The monoisotopic (exact) mass is 444 g/mol. The fourth-order valence-corrected chi connectivity index (χ4v) is 5.29. The van der Waals surface area contributed by atoms with Gasteiger partial charge < -0.3 is 15.1 Å². The van der Waals surface area contributed by atoms with Crippen molar-refractivity contribution in [3.8, 4) is 0 Å².